The largest absolute Gasteiger partial charge is 0.506 e. The third kappa shape index (κ3) is 16.9. The third-order valence-corrected chi connectivity index (χ3v) is 17.9. The van der Waals surface area contributed by atoms with Crippen molar-refractivity contribution in [1.82, 2.24) is 36.8 Å². The summed E-state index contributed by atoms with van der Waals surface area (Å²) in [7, 11) is -2.11. The van der Waals surface area contributed by atoms with E-state index >= 15 is 0 Å². The summed E-state index contributed by atoms with van der Waals surface area (Å²) in [4.78, 5) is 150. The second kappa shape index (κ2) is 29.2. The van der Waals surface area contributed by atoms with Crippen LogP contribution in [0.4, 0.5) is 16.2 Å². The number of carbonyl (C=O) groups excluding carboxylic acids is 11. The maximum Gasteiger partial charge on any atom is 0.321 e. The lowest BCUT2D eigenvalue weighted by atomic mass is 9.93. The lowest BCUT2D eigenvalue weighted by Crippen LogP contribution is -2.59. The predicted molar refractivity (Wildman–Crippen MR) is 287 cm³/mol. The summed E-state index contributed by atoms with van der Waals surface area (Å²) in [5.74, 6) is -13.6. The first-order valence-electron chi connectivity index (χ1n) is 25.6. The second-order valence-corrected chi connectivity index (χ2v) is 23.5. The molecule has 430 valence electrons. The third-order valence-electron chi connectivity index (χ3n) is 14.0. The number of rotatable bonds is 18. The number of ketones is 2. The van der Waals surface area contributed by atoms with Gasteiger partial charge >= 0.3 is 6.03 Å². The van der Waals surface area contributed by atoms with E-state index in [1.807, 2.05) is 10.7 Å². The molecule has 1 aromatic rings. The summed E-state index contributed by atoms with van der Waals surface area (Å²) in [6.07, 6.45) is -3.21. The average Bonchev–Trinajstić information content (AvgIpc) is 4.22. The molecule has 0 aliphatic carbocycles. The van der Waals surface area contributed by atoms with Gasteiger partial charge in [-0.05, 0) is 42.2 Å². The average molecular weight is 1150 g/mol. The number of nitrogens with two attached hydrogens (primary N) is 1. The normalized spacial score (nSPS) is 26.5. The number of fused-ring (bicyclic) bond motifs is 2. The van der Waals surface area contributed by atoms with E-state index in [0.29, 0.717) is 41.8 Å². The van der Waals surface area contributed by atoms with E-state index in [-0.39, 0.29) is 30.1 Å². The Labute approximate surface area is 460 Å². The number of carbonyl (C=O) groups is 11. The highest BCUT2D eigenvalue weighted by Gasteiger charge is 2.45. The molecular formula is C49H70N10O16S3. The van der Waals surface area contributed by atoms with Gasteiger partial charge in [-0.25, -0.2) is 4.79 Å². The number of allylic oxidation sites excluding steroid dienone is 1. The van der Waals surface area contributed by atoms with Gasteiger partial charge in [0.2, 0.25) is 41.4 Å². The zero-order chi connectivity index (χ0) is 57.5. The fraction of sp³-hybridized carbons (Fsp3) is 0.612. The Morgan fingerprint density at radius 1 is 0.910 bits per heavy atom. The van der Waals surface area contributed by atoms with E-state index in [9.17, 15) is 77.4 Å². The van der Waals surface area contributed by atoms with Crippen LogP contribution in [0.15, 0.2) is 22.4 Å². The number of amides is 10. The van der Waals surface area contributed by atoms with Crippen LogP contribution in [0.5, 0.6) is 5.75 Å². The van der Waals surface area contributed by atoms with Crippen LogP contribution in [-0.2, 0) is 58.7 Å². The lowest BCUT2D eigenvalue weighted by Gasteiger charge is -2.31. The SMILES string of the molecule is CCC1c2cc(NC(=O)CCCCC(=O)C3=CSCS3)c(O)cc2NC1S(=O)C[C@@H]1NC(=O)CNC(=O)[C@H]([C@@H](C)CC)NC(=O)CNC(=O)NC(=O)[C@H](C(C)[C@@H](O)CO)NC(=O)[C@@H]2C[C@@H](O)CN2C(=O)[C@H](CC(N)=O)CC1=O. The van der Waals surface area contributed by atoms with Gasteiger partial charge in [-0.1, -0.05) is 34.1 Å². The molecule has 1 aromatic carbocycles. The standard InChI is InChI=1S/C49H70N10O16S3/c1-5-23(3)42-45(71)51-16-40(68)54-31(21-78(75)47-27(6-2)28-14-30(35(64)15-29(28)55-47)53-39(67)10-8-7-9-33(62)37-20-76-22-77-37)34(63)11-25(12-38(50)66)48(73)59-18-26(61)13-32(59)44(70)57-43(24(4)36(65)19-60)46(72)58-49(74)52-17-41(69)56-42/h14-15,20,23-27,31-32,36,42-43,47,55,60-61,64-65H,5-13,16-19,21-22H2,1-4H3,(H2,50,66)(H,51,71)(H,53,67)(H,54,68)(H,56,69)(H,57,70)(H2,52,58,72,74)/t23-,24?,25-,26+,27?,31-,32-,36-,42-,43-,47?,78?/m0/s1. The van der Waals surface area contributed by atoms with Crippen molar-refractivity contribution in [2.45, 2.75) is 133 Å². The Kier molecular flexibility index (Phi) is 23.5. The monoisotopic (exact) mass is 1150 g/mol. The van der Waals surface area contributed by atoms with Gasteiger partial charge < -0.3 is 68.3 Å². The van der Waals surface area contributed by atoms with Crippen molar-refractivity contribution in [1.29, 1.82) is 0 Å². The van der Waals surface area contributed by atoms with Gasteiger partial charge in [0, 0.05) is 78.1 Å². The molecule has 5 rings (SSSR count). The van der Waals surface area contributed by atoms with Crippen molar-refractivity contribution >= 4 is 111 Å². The first-order valence-corrected chi connectivity index (χ1v) is 29.0. The molecule has 78 heavy (non-hydrogen) atoms. The lowest BCUT2D eigenvalue weighted by molar-refractivity contribution is -0.145. The van der Waals surface area contributed by atoms with Crippen molar-refractivity contribution < 1.29 is 77.4 Å². The van der Waals surface area contributed by atoms with Crippen molar-refractivity contribution in [3.05, 3.63) is 28.0 Å². The maximum atomic E-state index is 14.6. The molecule has 26 nitrogen and oxygen atoms in total. The molecule has 4 unspecified atom stereocenters. The minimum Gasteiger partial charge on any atom is -0.506 e. The Bertz CT molecular complexity index is 2540. The number of urea groups is 1. The molecule has 4 aliphatic heterocycles. The Hall–Kier alpha value is -6.14. The van der Waals surface area contributed by atoms with Crippen LogP contribution in [0.25, 0.3) is 0 Å². The number of aliphatic hydroxyl groups excluding tert-OH is 3. The van der Waals surface area contributed by atoms with Gasteiger partial charge in [0.1, 0.15) is 29.2 Å². The number of hydrogen-bond acceptors (Lipinski definition) is 19. The molecule has 0 spiro atoms. The number of imide groups is 1. The number of phenolic OH excluding ortho intramolecular Hbond substituents is 1. The molecule has 4 aliphatic rings. The Morgan fingerprint density at radius 2 is 1.60 bits per heavy atom. The quantitative estimate of drug-likeness (QED) is 0.0593. The first kappa shape index (κ1) is 62.7. The molecule has 10 amide bonds. The molecule has 12 atom stereocenters. The summed E-state index contributed by atoms with van der Waals surface area (Å²) in [6.45, 7) is 3.36. The topological polar surface area (TPSA) is 411 Å². The summed E-state index contributed by atoms with van der Waals surface area (Å²) in [6, 6.07) is -4.76. The molecule has 14 N–H and O–H groups in total. The van der Waals surface area contributed by atoms with Gasteiger partial charge in [0.15, 0.2) is 11.6 Å². The minimum absolute atomic E-state index is 0.0174. The van der Waals surface area contributed by atoms with Crippen molar-refractivity contribution in [3.63, 3.8) is 0 Å². The summed E-state index contributed by atoms with van der Waals surface area (Å²) in [5.41, 5.74) is 6.57. The number of anilines is 2. The van der Waals surface area contributed by atoms with Crippen LogP contribution >= 0.6 is 23.5 Å². The van der Waals surface area contributed by atoms with Crippen LogP contribution in [-0.4, -0.2) is 173 Å². The number of aliphatic hydroxyl groups is 3. The number of nitrogens with zero attached hydrogens (tertiary/aromatic N) is 1. The zero-order valence-corrected chi connectivity index (χ0v) is 46.1. The highest BCUT2D eigenvalue weighted by atomic mass is 32.2. The van der Waals surface area contributed by atoms with E-state index < -0.39 is 187 Å². The number of benzene rings is 1. The molecule has 2 saturated heterocycles. The van der Waals surface area contributed by atoms with E-state index in [0.717, 1.165) is 9.98 Å². The number of hydrogen-bond donors (Lipinski definition) is 13. The van der Waals surface area contributed by atoms with Crippen LogP contribution in [0.3, 0.4) is 0 Å². The summed E-state index contributed by atoms with van der Waals surface area (Å²) >= 11 is 3.03. The molecule has 0 radical (unpaired) electrons. The van der Waals surface area contributed by atoms with Gasteiger partial charge in [0.05, 0.1) is 60.2 Å². The van der Waals surface area contributed by atoms with Crippen LogP contribution < -0.4 is 48.3 Å². The number of primary amides is 1. The number of thioether (sulfide) groups is 2. The zero-order valence-electron chi connectivity index (χ0n) is 43.6. The van der Waals surface area contributed by atoms with Crippen molar-refractivity contribution in [3.8, 4) is 5.75 Å². The molecule has 0 saturated carbocycles. The highest BCUT2D eigenvalue weighted by molar-refractivity contribution is 8.22. The van der Waals surface area contributed by atoms with E-state index in [2.05, 4.69) is 37.2 Å². The van der Waals surface area contributed by atoms with Gasteiger partial charge in [-0.15, -0.1) is 23.5 Å². The molecule has 0 bridgehead atoms. The summed E-state index contributed by atoms with van der Waals surface area (Å²) < 4.78 is 14.6. The van der Waals surface area contributed by atoms with E-state index in [1.54, 1.807) is 32.5 Å². The van der Waals surface area contributed by atoms with Crippen LogP contribution in [0, 0.1) is 17.8 Å². The van der Waals surface area contributed by atoms with Crippen LogP contribution in [0.2, 0.25) is 0 Å². The highest BCUT2D eigenvalue weighted by Crippen LogP contribution is 2.44. The Morgan fingerprint density at radius 3 is 2.26 bits per heavy atom. The molecule has 0 aromatic heterocycles. The van der Waals surface area contributed by atoms with Gasteiger partial charge in [-0.2, -0.15) is 0 Å². The molecule has 4 heterocycles. The molecular weight excluding hydrogens is 1080 g/mol. The fourth-order valence-corrected chi connectivity index (χ4v) is 13.2. The first-order chi connectivity index (χ1) is 37.0. The van der Waals surface area contributed by atoms with Crippen molar-refractivity contribution in [2.75, 3.05) is 47.7 Å². The maximum absolute atomic E-state index is 14.6. The number of phenols is 1. The number of unbranched alkanes of at least 4 members (excludes halogenated alkanes) is 1. The Balaban J connectivity index is 1.42. The van der Waals surface area contributed by atoms with E-state index in [1.165, 1.54) is 30.8 Å². The smallest absolute Gasteiger partial charge is 0.321 e. The van der Waals surface area contributed by atoms with E-state index in [4.69, 9.17) is 5.73 Å². The minimum atomic E-state index is -2.11. The van der Waals surface area contributed by atoms with Crippen molar-refractivity contribution in [2.24, 2.45) is 23.5 Å². The second-order valence-electron chi connectivity index (χ2n) is 19.6. The van der Waals surface area contributed by atoms with Crippen LogP contribution in [0.1, 0.15) is 97.0 Å². The van der Waals surface area contributed by atoms with Gasteiger partial charge in [-0.3, -0.25) is 57.5 Å². The molecule has 29 heteroatoms. The molecule has 2 fully saturated rings. The number of Topliss-reactive ketones (excluding diaryl/α,β-unsaturated/α-hetero) is 2. The predicted octanol–water partition coefficient (Wildman–Crippen LogP) is -1.41. The number of nitrogens with one attached hydrogen (secondary N) is 8. The fourth-order valence-electron chi connectivity index (χ4n) is 9.35. The summed E-state index contributed by atoms with van der Waals surface area (Å²) in [5, 5.41) is 63.3. The van der Waals surface area contributed by atoms with Gasteiger partial charge in [0.25, 0.3) is 5.91 Å². The number of aromatic hydroxyl groups is 1.